The second-order valence-electron chi connectivity index (χ2n) is 13.7. The third kappa shape index (κ3) is 4.22. The van der Waals surface area contributed by atoms with Crippen molar-refractivity contribution >= 4 is 15.4 Å². The Kier molecular flexibility index (Phi) is 7.42. The third-order valence-corrected chi connectivity index (χ3v) is 39.2. The van der Waals surface area contributed by atoms with Gasteiger partial charge < -0.3 is 0 Å². The fraction of sp³-hybridized carbons (Fsp3) is 0.293. The first kappa shape index (κ1) is 29.2. The standard InChI is InChI=1S/2C17H15.C5H10.2CH3.Hf/c2*1-12-6-3-7-13(2)17(12)16-11-5-9-14-8-4-10-15(14)16;1-3-5-4-2;;;/h2*3-11H,1-2H3;3-4H2,1-2H3;2*1H3;. The summed E-state index contributed by atoms with van der Waals surface area (Å²) in [5.74, 6) is 0. The van der Waals surface area contributed by atoms with Crippen molar-refractivity contribution in [3.63, 3.8) is 0 Å². The van der Waals surface area contributed by atoms with Gasteiger partial charge >= 0.3 is 256 Å². The molecule has 0 saturated carbocycles. The summed E-state index contributed by atoms with van der Waals surface area (Å²) in [6.07, 6.45) is 12.6. The van der Waals surface area contributed by atoms with E-state index in [1.165, 1.54) is 68.5 Å². The molecule has 0 heterocycles. The number of hydrogen-bond donors (Lipinski definition) is 0. The van der Waals surface area contributed by atoms with Crippen LogP contribution in [0.25, 0.3) is 34.4 Å². The summed E-state index contributed by atoms with van der Waals surface area (Å²) >= 11 is -3.99. The Labute approximate surface area is 254 Å². The Morgan fingerprint density at radius 1 is 0.548 bits per heavy atom. The van der Waals surface area contributed by atoms with E-state index in [-0.39, 0.29) is 0 Å². The number of hydrogen-bond acceptors (Lipinski definition) is 0. The van der Waals surface area contributed by atoms with Gasteiger partial charge in [0.2, 0.25) is 0 Å². The maximum atomic E-state index is 2.80. The molecule has 0 aromatic heterocycles. The van der Waals surface area contributed by atoms with Gasteiger partial charge in [-0.2, -0.15) is 0 Å². The van der Waals surface area contributed by atoms with Crippen LogP contribution in [0.15, 0.2) is 84.9 Å². The van der Waals surface area contributed by atoms with Gasteiger partial charge in [0.25, 0.3) is 0 Å². The Hall–Kier alpha value is -2.90. The molecule has 0 N–H and O–H groups in total. The molecule has 0 spiro atoms. The zero-order valence-corrected chi connectivity index (χ0v) is 30.4. The molecule has 2 atom stereocenters. The summed E-state index contributed by atoms with van der Waals surface area (Å²) in [5.41, 5.74) is 17.1. The molecular formula is C41H46Hf. The summed E-state index contributed by atoms with van der Waals surface area (Å²) < 4.78 is 8.42. The van der Waals surface area contributed by atoms with Crippen LogP contribution in [0.2, 0.25) is 9.36 Å². The predicted octanol–water partition coefficient (Wildman–Crippen LogP) is 11.9. The number of fused-ring (bicyclic) bond motifs is 2. The average Bonchev–Trinajstić information content (AvgIpc) is 3.60. The fourth-order valence-electron chi connectivity index (χ4n) is 9.14. The van der Waals surface area contributed by atoms with E-state index in [1.807, 2.05) is 3.26 Å². The van der Waals surface area contributed by atoms with E-state index < -0.39 is 18.0 Å². The molecule has 0 saturated heterocycles. The van der Waals surface area contributed by atoms with Gasteiger partial charge in [-0.25, -0.2) is 0 Å². The predicted molar refractivity (Wildman–Crippen MR) is 184 cm³/mol. The fourth-order valence-corrected chi connectivity index (χ4v) is 35.3. The van der Waals surface area contributed by atoms with Crippen LogP contribution in [0, 0.1) is 27.7 Å². The van der Waals surface area contributed by atoms with E-state index in [0.717, 1.165) is 0 Å². The van der Waals surface area contributed by atoms with Crippen molar-refractivity contribution in [3.8, 4) is 22.3 Å². The Morgan fingerprint density at radius 2 is 0.905 bits per heavy atom. The second kappa shape index (κ2) is 10.7. The van der Waals surface area contributed by atoms with Crippen LogP contribution in [0.3, 0.4) is 0 Å². The number of benzene rings is 4. The number of allylic oxidation sites excluding steroid dienone is 2. The average molecular weight is 717 g/mol. The molecule has 4 aromatic carbocycles. The molecule has 1 heteroatoms. The van der Waals surface area contributed by atoms with E-state index in [4.69, 9.17) is 0 Å². The minimum absolute atomic E-state index is 0.487. The van der Waals surface area contributed by atoms with Crippen LogP contribution < -0.4 is 0 Å². The van der Waals surface area contributed by atoms with E-state index in [9.17, 15) is 0 Å². The van der Waals surface area contributed by atoms with Crippen molar-refractivity contribution in [3.05, 3.63) is 129 Å². The molecule has 2 aliphatic rings. The zero-order chi connectivity index (χ0) is 29.8. The van der Waals surface area contributed by atoms with E-state index in [1.54, 1.807) is 11.1 Å². The van der Waals surface area contributed by atoms with Crippen LogP contribution in [0.1, 0.15) is 78.5 Å². The second-order valence-corrected chi connectivity index (χ2v) is 39.5. The summed E-state index contributed by atoms with van der Waals surface area (Å²) in [5, 5.41) is 0. The Morgan fingerprint density at radius 3 is 1.26 bits per heavy atom. The van der Waals surface area contributed by atoms with Gasteiger partial charge in [-0.05, 0) is 0 Å². The van der Waals surface area contributed by atoms with Gasteiger partial charge in [-0.1, -0.05) is 0 Å². The molecule has 6 rings (SSSR count). The van der Waals surface area contributed by atoms with Gasteiger partial charge in [-0.3, -0.25) is 0 Å². The van der Waals surface area contributed by atoms with Gasteiger partial charge in [0.05, 0.1) is 0 Å². The Balaban J connectivity index is 1.58. The van der Waals surface area contributed by atoms with Crippen molar-refractivity contribution in [2.75, 3.05) is 0 Å². The number of rotatable bonds is 6. The molecular weight excluding hydrogens is 671 g/mol. The third-order valence-electron chi connectivity index (χ3n) is 11.2. The summed E-state index contributed by atoms with van der Waals surface area (Å²) in [6, 6.07) is 27.7. The summed E-state index contributed by atoms with van der Waals surface area (Å²) in [7, 11) is 0. The molecule has 0 amide bonds. The SMILES string of the molecule is CC[C](CC)=[Hf]([CH3])([CH3])([CH]1C=Cc2c(-c3c(C)cccc3C)cccc21)[CH]1C=Cc2c(-c3c(C)cccc3C)cccc21. The van der Waals surface area contributed by atoms with Gasteiger partial charge in [-0.15, -0.1) is 0 Å². The minimum atomic E-state index is -3.99. The Bertz CT molecular complexity index is 1680. The molecule has 2 unspecified atom stereocenters. The molecule has 4 aromatic rings. The first-order valence-electron chi connectivity index (χ1n) is 15.9. The molecule has 42 heavy (non-hydrogen) atoms. The van der Waals surface area contributed by atoms with E-state index >= 15 is 0 Å². The zero-order valence-electron chi connectivity index (χ0n) is 26.8. The van der Waals surface area contributed by atoms with Crippen molar-refractivity contribution in [2.45, 2.75) is 71.1 Å². The maximum absolute atomic E-state index is 3.99. The molecule has 0 bridgehead atoms. The quantitative estimate of drug-likeness (QED) is 0.174. The van der Waals surface area contributed by atoms with Crippen LogP contribution in [0.5, 0.6) is 0 Å². The summed E-state index contributed by atoms with van der Waals surface area (Å²) in [4.78, 5) is 0. The van der Waals surface area contributed by atoms with Crippen molar-refractivity contribution < 1.29 is 18.0 Å². The van der Waals surface area contributed by atoms with Crippen LogP contribution in [0.4, 0.5) is 0 Å². The van der Waals surface area contributed by atoms with E-state index in [2.05, 4.69) is 148 Å². The molecule has 0 nitrogen and oxygen atoms in total. The normalized spacial score (nSPS) is 17.5. The topological polar surface area (TPSA) is 0 Å². The number of aryl methyl sites for hydroxylation is 4. The molecule has 2 aliphatic carbocycles. The first-order chi connectivity index (χ1) is 20.1. The van der Waals surface area contributed by atoms with Crippen molar-refractivity contribution in [1.82, 2.24) is 0 Å². The van der Waals surface area contributed by atoms with Gasteiger partial charge in [0, 0.05) is 0 Å². The van der Waals surface area contributed by atoms with Gasteiger partial charge in [0.1, 0.15) is 0 Å². The monoisotopic (exact) mass is 718 g/mol. The van der Waals surface area contributed by atoms with Crippen LogP contribution in [-0.2, 0) is 18.0 Å². The molecule has 0 fully saturated rings. The summed E-state index contributed by atoms with van der Waals surface area (Å²) in [6.45, 7) is 13.9. The van der Waals surface area contributed by atoms with Crippen LogP contribution >= 0.6 is 0 Å². The van der Waals surface area contributed by atoms with Gasteiger partial charge in [0.15, 0.2) is 0 Å². The van der Waals surface area contributed by atoms with Crippen LogP contribution in [-0.4, -0.2) is 3.26 Å². The first-order valence-corrected chi connectivity index (χ1v) is 29.0. The molecule has 0 radical (unpaired) electrons. The molecule has 0 aliphatic heterocycles. The van der Waals surface area contributed by atoms with E-state index in [0.29, 0.717) is 7.35 Å². The molecule has 214 valence electrons. The van der Waals surface area contributed by atoms with Crippen molar-refractivity contribution in [2.24, 2.45) is 0 Å². The van der Waals surface area contributed by atoms with Crippen molar-refractivity contribution in [1.29, 1.82) is 0 Å².